The first kappa shape index (κ1) is 16.8. The third kappa shape index (κ3) is 3.35. The lowest BCUT2D eigenvalue weighted by Crippen LogP contribution is -2.38. The Labute approximate surface area is 151 Å². The summed E-state index contributed by atoms with van der Waals surface area (Å²) in [4.78, 5) is 31.4. The molecule has 0 unspecified atom stereocenters. The van der Waals surface area contributed by atoms with Gasteiger partial charge in [-0.1, -0.05) is 6.07 Å². The highest BCUT2D eigenvalue weighted by Crippen LogP contribution is 2.34. The molecule has 0 saturated carbocycles. The number of pyridine rings is 1. The van der Waals surface area contributed by atoms with Gasteiger partial charge in [0.05, 0.1) is 37.3 Å². The van der Waals surface area contributed by atoms with Crippen molar-refractivity contribution < 1.29 is 18.7 Å². The number of nitrogens with one attached hydrogen (secondary N) is 1. The van der Waals surface area contributed by atoms with E-state index in [1.807, 2.05) is 24.3 Å². The number of aromatic nitrogens is 1. The lowest BCUT2D eigenvalue weighted by atomic mass is 10.0. The number of likely N-dealkylation sites (tertiary alicyclic amines) is 1. The van der Waals surface area contributed by atoms with E-state index in [9.17, 15) is 9.59 Å². The van der Waals surface area contributed by atoms with Crippen LogP contribution in [0.3, 0.4) is 0 Å². The van der Waals surface area contributed by atoms with Crippen LogP contribution in [0.2, 0.25) is 0 Å². The lowest BCUT2D eigenvalue weighted by Gasteiger charge is -2.22. The van der Waals surface area contributed by atoms with Gasteiger partial charge < -0.3 is 19.4 Å². The van der Waals surface area contributed by atoms with Gasteiger partial charge in [-0.05, 0) is 30.7 Å². The molecule has 2 fully saturated rings. The highest BCUT2D eigenvalue weighted by molar-refractivity contribution is 5.84. The van der Waals surface area contributed by atoms with Gasteiger partial charge in [0.15, 0.2) is 0 Å². The second kappa shape index (κ2) is 7.29. The van der Waals surface area contributed by atoms with Crippen molar-refractivity contribution in [3.8, 4) is 0 Å². The van der Waals surface area contributed by atoms with Crippen molar-refractivity contribution >= 4 is 11.8 Å². The van der Waals surface area contributed by atoms with Crippen LogP contribution in [0.1, 0.15) is 17.9 Å². The predicted octanol–water partition coefficient (Wildman–Crippen LogP) is 1.15. The minimum atomic E-state index is -0.356. The fraction of sp³-hybridized carbons (Fsp3) is 0.421. The molecule has 0 bridgehead atoms. The molecule has 3 atom stereocenters. The molecular formula is C19H21N3O4. The molecule has 136 valence electrons. The second-order valence-corrected chi connectivity index (χ2v) is 6.64. The van der Waals surface area contributed by atoms with Gasteiger partial charge in [0.25, 0.3) is 0 Å². The van der Waals surface area contributed by atoms with E-state index in [1.54, 1.807) is 23.4 Å². The zero-order valence-electron chi connectivity index (χ0n) is 14.3. The summed E-state index contributed by atoms with van der Waals surface area (Å²) in [7, 11) is 0. The summed E-state index contributed by atoms with van der Waals surface area (Å²) in [5.41, 5.74) is 0.735. The Morgan fingerprint density at radius 3 is 2.96 bits per heavy atom. The molecule has 0 aliphatic carbocycles. The monoisotopic (exact) mass is 355 g/mol. The van der Waals surface area contributed by atoms with E-state index < -0.39 is 0 Å². The largest absolute Gasteiger partial charge is 0.467 e. The molecule has 2 aliphatic heterocycles. The minimum Gasteiger partial charge on any atom is -0.467 e. The maximum absolute atomic E-state index is 12.8. The van der Waals surface area contributed by atoms with Gasteiger partial charge in [-0.3, -0.25) is 14.6 Å². The van der Waals surface area contributed by atoms with Gasteiger partial charge in [-0.2, -0.15) is 0 Å². The maximum Gasteiger partial charge on any atom is 0.228 e. The molecule has 7 heteroatoms. The van der Waals surface area contributed by atoms with Crippen LogP contribution in [0.4, 0.5) is 0 Å². The van der Waals surface area contributed by atoms with Crippen LogP contribution >= 0.6 is 0 Å². The zero-order valence-corrected chi connectivity index (χ0v) is 14.3. The Morgan fingerprint density at radius 2 is 2.19 bits per heavy atom. The van der Waals surface area contributed by atoms with Gasteiger partial charge >= 0.3 is 0 Å². The average molecular weight is 355 g/mol. The molecule has 1 N–H and O–H groups in total. The molecule has 0 aromatic carbocycles. The van der Waals surface area contributed by atoms with E-state index in [1.165, 1.54) is 0 Å². The van der Waals surface area contributed by atoms with Crippen LogP contribution in [0, 0.1) is 5.92 Å². The third-order valence-electron chi connectivity index (χ3n) is 5.03. The van der Waals surface area contributed by atoms with Crippen LogP contribution in [0.25, 0.3) is 0 Å². The van der Waals surface area contributed by atoms with E-state index in [0.29, 0.717) is 25.5 Å². The SMILES string of the molecule is O=C(NCc1ccco1)[C@@H]1CN(C(=O)Cc2ccccn2)[C@@H]2CCO[C@@H]21. The summed E-state index contributed by atoms with van der Waals surface area (Å²) in [6, 6.07) is 9.09. The average Bonchev–Trinajstić information content (AvgIpc) is 3.38. The van der Waals surface area contributed by atoms with Crippen molar-refractivity contribution in [3.63, 3.8) is 0 Å². The van der Waals surface area contributed by atoms with Crippen LogP contribution < -0.4 is 5.32 Å². The fourth-order valence-corrected chi connectivity index (χ4v) is 3.77. The zero-order chi connectivity index (χ0) is 17.9. The number of hydrogen-bond acceptors (Lipinski definition) is 5. The summed E-state index contributed by atoms with van der Waals surface area (Å²) < 4.78 is 11.0. The van der Waals surface area contributed by atoms with Gasteiger partial charge in [0.2, 0.25) is 11.8 Å². The topological polar surface area (TPSA) is 84.7 Å². The van der Waals surface area contributed by atoms with Crippen molar-refractivity contribution in [2.75, 3.05) is 13.2 Å². The van der Waals surface area contributed by atoms with Crippen LogP contribution in [0.15, 0.2) is 47.2 Å². The standard InChI is InChI=1S/C19H21N3O4/c23-17(10-13-4-1-2-7-20-13)22-12-15(18-16(22)6-9-26-18)19(24)21-11-14-5-3-8-25-14/h1-5,7-8,15-16,18H,6,9-12H2,(H,21,24)/t15-,16-,18-/m1/s1. The van der Waals surface area contributed by atoms with Gasteiger partial charge in [-0.15, -0.1) is 0 Å². The first-order chi connectivity index (χ1) is 12.7. The molecule has 2 aromatic rings. The first-order valence-electron chi connectivity index (χ1n) is 8.83. The summed E-state index contributed by atoms with van der Waals surface area (Å²) in [6.07, 6.45) is 4.02. The fourth-order valence-electron chi connectivity index (χ4n) is 3.77. The summed E-state index contributed by atoms with van der Waals surface area (Å²) in [5, 5.41) is 2.89. The first-order valence-corrected chi connectivity index (χ1v) is 8.83. The molecule has 2 aromatic heterocycles. The summed E-state index contributed by atoms with van der Waals surface area (Å²) in [5.74, 6) is 0.227. The molecule has 0 radical (unpaired) electrons. The van der Waals surface area contributed by atoms with Crippen molar-refractivity contribution in [3.05, 3.63) is 54.2 Å². The highest BCUT2D eigenvalue weighted by atomic mass is 16.5. The number of carbonyl (C=O) groups is 2. The molecular weight excluding hydrogens is 334 g/mol. The molecule has 2 amide bonds. The van der Waals surface area contributed by atoms with E-state index in [4.69, 9.17) is 9.15 Å². The van der Waals surface area contributed by atoms with Crippen LogP contribution in [-0.4, -0.2) is 47.0 Å². The van der Waals surface area contributed by atoms with Gasteiger partial charge in [-0.25, -0.2) is 0 Å². The molecule has 4 heterocycles. The van der Waals surface area contributed by atoms with E-state index in [0.717, 1.165) is 12.1 Å². The lowest BCUT2D eigenvalue weighted by molar-refractivity contribution is -0.131. The number of rotatable bonds is 5. The molecule has 2 aliphatic rings. The van der Waals surface area contributed by atoms with Crippen molar-refractivity contribution in [1.82, 2.24) is 15.2 Å². The molecule has 4 rings (SSSR count). The quantitative estimate of drug-likeness (QED) is 0.870. The van der Waals surface area contributed by atoms with Crippen LogP contribution in [0.5, 0.6) is 0 Å². The Kier molecular flexibility index (Phi) is 4.71. The number of amides is 2. The van der Waals surface area contributed by atoms with Crippen molar-refractivity contribution in [2.45, 2.75) is 31.5 Å². The van der Waals surface area contributed by atoms with Crippen molar-refractivity contribution in [2.24, 2.45) is 5.92 Å². The number of carbonyl (C=O) groups excluding carboxylic acids is 2. The van der Waals surface area contributed by atoms with E-state index >= 15 is 0 Å². The molecule has 7 nitrogen and oxygen atoms in total. The Balaban J connectivity index is 1.41. The number of hydrogen-bond donors (Lipinski definition) is 1. The highest BCUT2D eigenvalue weighted by Gasteiger charge is 2.50. The van der Waals surface area contributed by atoms with E-state index in [-0.39, 0.29) is 36.3 Å². The number of nitrogens with zero attached hydrogens (tertiary/aromatic N) is 2. The van der Waals surface area contributed by atoms with Gasteiger partial charge in [0.1, 0.15) is 5.76 Å². The van der Waals surface area contributed by atoms with Crippen molar-refractivity contribution in [1.29, 1.82) is 0 Å². The maximum atomic E-state index is 12.8. The smallest absolute Gasteiger partial charge is 0.228 e. The second-order valence-electron chi connectivity index (χ2n) is 6.64. The Morgan fingerprint density at radius 1 is 1.27 bits per heavy atom. The van der Waals surface area contributed by atoms with E-state index in [2.05, 4.69) is 10.3 Å². The number of fused-ring (bicyclic) bond motifs is 1. The molecule has 26 heavy (non-hydrogen) atoms. The predicted molar refractivity (Wildman–Crippen MR) is 91.8 cm³/mol. The molecule has 0 spiro atoms. The Bertz CT molecular complexity index is 762. The minimum absolute atomic E-state index is 0.00876. The normalized spacial score (nSPS) is 24.5. The van der Waals surface area contributed by atoms with Gasteiger partial charge in [0, 0.05) is 25.0 Å². The molecule has 2 saturated heterocycles. The van der Waals surface area contributed by atoms with Crippen LogP contribution in [-0.2, 0) is 27.3 Å². The summed E-state index contributed by atoms with van der Waals surface area (Å²) in [6.45, 7) is 1.29. The Hall–Kier alpha value is -2.67. The number of furan rings is 1. The third-order valence-corrected chi connectivity index (χ3v) is 5.03. The number of ether oxygens (including phenoxy) is 1. The summed E-state index contributed by atoms with van der Waals surface area (Å²) >= 11 is 0.